The third kappa shape index (κ3) is 10.4. The fourth-order valence-corrected chi connectivity index (χ4v) is 10.6. The highest BCUT2D eigenvalue weighted by Crippen LogP contribution is 2.45. The van der Waals surface area contributed by atoms with E-state index in [1.165, 1.54) is 33.4 Å². The van der Waals surface area contributed by atoms with E-state index in [-0.39, 0.29) is 32.5 Å². The Labute approximate surface area is 451 Å². The highest BCUT2D eigenvalue weighted by Gasteiger charge is 2.28. The van der Waals surface area contributed by atoms with Crippen LogP contribution in [0.1, 0.15) is 181 Å². The molecule has 0 atom stereocenters. The largest absolute Gasteiger partial charge is 0.354 e. The van der Waals surface area contributed by atoms with Crippen LogP contribution in [0.3, 0.4) is 0 Å². The predicted molar refractivity (Wildman–Crippen MR) is 323 cm³/mol. The van der Waals surface area contributed by atoms with Gasteiger partial charge in [-0.2, -0.15) is 0 Å². The van der Waals surface area contributed by atoms with E-state index in [4.69, 9.17) is 33.2 Å². The van der Waals surface area contributed by atoms with Gasteiger partial charge in [0.15, 0.2) is 0 Å². The zero-order valence-electron chi connectivity index (χ0n) is 47.2. The molecule has 74 heavy (non-hydrogen) atoms. The SMILES string of the molecule is CC(C)(C)c1cc(-c2c3nc(c(-c4c(Cl)cccc4Cl)c4nc(c(-c5cc(C(C)(C)C)cc(C(C)(C)C)c5)c5ccc([nH]5)c(-c5cc(C(C)(C)C)cc(C(C)(C)C)c5)c5ccc2[nH]5)C=C4)C=C3)cc(C(C)(C)C)c1. The van der Waals surface area contributed by atoms with Crippen LogP contribution in [0.4, 0.5) is 0 Å². The molecule has 0 amide bonds. The van der Waals surface area contributed by atoms with Crippen molar-refractivity contribution in [3.63, 3.8) is 0 Å². The number of H-pyrrole nitrogens is 2. The summed E-state index contributed by atoms with van der Waals surface area (Å²) >= 11 is 14.5. The van der Waals surface area contributed by atoms with E-state index in [1.807, 2.05) is 18.2 Å². The summed E-state index contributed by atoms with van der Waals surface area (Å²) < 4.78 is 0. The van der Waals surface area contributed by atoms with Gasteiger partial charge in [-0.3, -0.25) is 0 Å². The monoisotopic (exact) mass is 1020 g/mol. The van der Waals surface area contributed by atoms with Gasteiger partial charge in [0.1, 0.15) is 0 Å². The Kier molecular flexibility index (Phi) is 13.2. The van der Waals surface area contributed by atoms with Crippen molar-refractivity contribution in [2.45, 2.75) is 157 Å². The Bertz CT molecular complexity index is 3330. The van der Waals surface area contributed by atoms with Crippen LogP contribution in [0.15, 0.2) is 97.1 Å². The minimum Gasteiger partial charge on any atom is -0.354 e. The lowest BCUT2D eigenvalue weighted by Crippen LogP contribution is -2.16. The van der Waals surface area contributed by atoms with Crippen LogP contribution in [-0.2, 0) is 32.5 Å². The van der Waals surface area contributed by atoms with E-state index in [9.17, 15) is 0 Å². The summed E-state index contributed by atoms with van der Waals surface area (Å²) in [6.07, 6.45) is 8.50. The van der Waals surface area contributed by atoms with Crippen LogP contribution < -0.4 is 0 Å². The minimum absolute atomic E-state index is 0.101. The van der Waals surface area contributed by atoms with Crippen molar-refractivity contribution in [1.82, 2.24) is 19.9 Å². The van der Waals surface area contributed by atoms with Crippen LogP contribution in [0.5, 0.6) is 0 Å². The molecule has 0 spiro atoms. The second-order valence-electron chi connectivity index (χ2n) is 27.0. The van der Waals surface area contributed by atoms with Gasteiger partial charge in [0.25, 0.3) is 0 Å². The summed E-state index contributed by atoms with van der Waals surface area (Å²) in [7, 11) is 0. The lowest BCUT2D eigenvalue weighted by atomic mass is 9.78. The van der Waals surface area contributed by atoms with E-state index in [1.54, 1.807) is 0 Å². The van der Waals surface area contributed by atoms with Crippen molar-refractivity contribution in [2.24, 2.45) is 0 Å². The van der Waals surface area contributed by atoms with Crippen molar-refractivity contribution in [3.05, 3.63) is 163 Å². The molecule has 0 aliphatic carbocycles. The lowest BCUT2D eigenvalue weighted by Gasteiger charge is -2.26. The van der Waals surface area contributed by atoms with E-state index < -0.39 is 0 Å². The number of benzene rings is 4. The number of nitrogens with one attached hydrogen (secondary N) is 2. The molecule has 6 heteroatoms. The number of aromatic nitrogens is 4. The number of aromatic amines is 2. The fourth-order valence-electron chi connectivity index (χ4n) is 10.0. The first-order valence-corrected chi connectivity index (χ1v) is 27.1. The Morgan fingerprint density at radius 3 is 0.811 bits per heavy atom. The van der Waals surface area contributed by atoms with Crippen molar-refractivity contribution >= 4 is 69.6 Å². The molecule has 3 aromatic heterocycles. The van der Waals surface area contributed by atoms with Gasteiger partial charge in [-0.05, 0) is 143 Å². The van der Waals surface area contributed by atoms with E-state index in [0.717, 1.165) is 83.8 Å². The van der Waals surface area contributed by atoms with Gasteiger partial charge < -0.3 is 9.97 Å². The van der Waals surface area contributed by atoms with Crippen LogP contribution in [0.25, 0.3) is 90.9 Å². The Balaban J connectivity index is 1.54. The number of hydrogen-bond acceptors (Lipinski definition) is 2. The Morgan fingerprint density at radius 1 is 0.297 bits per heavy atom. The normalized spacial score (nSPS) is 13.6. The van der Waals surface area contributed by atoms with Gasteiger partial charge in [0.2, 0.25) is 0 Å². The van der Waals surface area contributed by atoms with E-state index >= 15 is 0 Å². The predicted octanol–water partition coefficient (Wildman–Crippen LogP) is 20.4. The van der Waals surface area contributed by atoms with Crippen LogP contribution in [0, 0.1) is 0 Å². The van der Waals surface area contributed by atoms with E-state index in [2.05, 4.69) is 238 Å². The Hall–Kier alpha value is -5.94. The number of nitrogens with zero attached hydrogens (tertiary/aromatic N) is 2. The van der Waals surface area contributed by atoms with Crippen molar-refractivity contribution in [3.8, 4) is 44.5 Å². The van der Waals surface area contributed by atoms with Crippen molar-refractivity contribution in [1.29, 1.82) is 0 Å². The standard InChI is InChI=1S/C68H76Cl2N4/c1-63(2,3)42-30-39(31-43(36-42)64(4,5)6)58-50-22-24-52(71-50)59(40-32-44(65(7,8)9)37-45(33-40)66(10,11)12)54-26-28-56(73-54)62(61-48(69)20-19-21-49(61)70)57-29-27-55(74-57)60(53-25-23-51(58)72-53)41-34-46(67(13,14)15)38-47(35-41)68(16,17)18/h19-38,71-72H,1-18H3. The maximum atomic E-state index is 7.23. The van der Waals surface area contributed by atoms with Crippen LogP contribution in [0.2, 0.25) is 10.0 Å². The molecule has 4 aromatic carbocycles. The van der Waals surface area contributed by atoms with Crippen LogP contribution >= 0.6 is 23.2 Å². The summed E-state index contributed by atoms with van der Waals surface area (Å²) in [6.45, 7) is 41.4. The molecule has 2 N–H and O–H groups in total. The van der Waals surface area contributed by atoms with Crippen LogP contribution in [-0.4, -0.2) is 19.9 Å². The van der Waals surface area contributed by atoms with E-state index in [0.29, 0.717) is 15.6 Å². The first-order chi connectivity index (χ1) is 34.3. The lowest BCUT2D eigenvalue weighted by molar-refractivity contribution is 0.568. The van der Waals surface area contributed by atoms with Gasteiger partial charge in [0, 0.05) is 49.9 Å². The summed E-state index contributed by atoms with van der Waals surface area (Å²) in [5, 5.41) is 1.06. The summed E-state index contributed by atoms with van der Waals surface area (Å²) in [5.41, 5.74) is 21.8. The molecular formula is C68H76Cl2N4. The molecule has 0 saturated carbocycles. The third-order valence-electron chi connectivity index (χ3n) is 14.8. The topological polar surface area (TPSA) is 57.4 Å². The van der Waals surface area contributed by atoms with Gasteiger partial charge in [-0.1, -0.05) is 208 Å². The molecule has 382 valence electrons. The average Bonchev–Trinajstić information content (AvgIpc) is 4.13. The molecular weight excluding hydrogens is 944 g/mol. The number of fused-ring (bicyclic) bond motifs is 8. The number of rotatable bonds is 4. The molecule has 4 nitrogen and oxygen atoms in total. The zero-order valence-corrected chi connectivity index (χ0v) is 48.7. The summed E-state index contributed by atoms with van der Waals surface area (Å²) in [5.74, 6) is 0. The summed E-state index contributed by atoms with van der Waals surface area (Å²) in [4.78, 5) is 19.4. The maximum Gasteiger partial charge on any atom is 0.0739 e. The number of hydrogen-bond donors (Lipinski definition) is 2. The van der Waals surface area contributed by atoms with Gasteiger partial charge in [0.05, 0.1) is 32.8 Å². The van der Waals surface area contributed by atoms with Gasteiger partial charge in [-0.15, -0.1) is 0 Å². The first kappa shape index (κ1) is 52.9. The fraction of sp³-hybridized carbons (Fsp3) is 0.353. The zero-order chi connectivity index (χ0) is 53.8. The highest BCUT2D eigenvalue weighted by atomic mass is 35.5. The molecule has 0 radical (unpaired) electrons. The first-order valence-electron chi connectivity index (χ1n) is 26.4. The minimum atomic E-state index is -0.114. The molecule has 0 fully saturated rings. The molecule has 2 aliphatic heterocycles. The molecule has 0 saturated heterocycles. The second kappa shape index (κ2) is 18.4. The molecule has 8 bridgehead atoms. The quantitative estimate of drug-likeness (QED) is 0.185. The summed E-state index contributed by atoms with van der Waals surface area (Å²) in [6, 6.07) is 36.1. The van der Waals surface area contributed by atoms with Crippen molar-refractivity contribution in [2.75, 3.05) is 0 Å². The molecule has 5 heterocycles. The second-order valence-corrected chi connectivity index (χ2v) is 27.8. The smallest absolute Gasteiger partial charge is 0.0739 e. The Morgan fingerprint density at radius 2 is 0.541 bits per heavy atom. The van der Waals surface area contributed by atoms with Crippen molar-refractivity contribution < 1.29 is 0 Å². The molecule has 7 aromatic rings. The number of halogens is 2. The molecule has 0 unspecified atom stereocenters. The highest BCUT2D eigenvalue weighted by molar-refractivity contribution is 6.39. The van der Waals surface area contributed by atoms with Gasteiger partial charge >= 0.3 is 0 Å². The molecule has 2 aliphatic rings. The van der Waals surface area contributed by atoms with Gasteiger partial charge in [-0.25, -0.2) is 9.97 Å². The maximum absolute atomic E-state index is 7.23. The molecule has 9 rings (SSSR count). The third-order valence-corrected chi connectivity index (χ3v) is 15.5. The average molecular weight is 1020 g/mol.